The predicted octanol–water partition coefficient (Wildman–Crippen LogP) is -0.0363. The molecule has 1 unspecified atom stereocenters. The molecule has 0 aliphatic rings. The van der Waals surface area contributed by atoms with Gasteiger partial charge in [-0.15, -0.1) is 5.10 Å². The highest BCUT2D eigenvalue weighted by atomic mass is 16.5. The van der Waals surface area contributed by atoms with E-state index < -0.39 is 12.0 Å². The average Bonchev–Trinajstić information content (AvgIpc) is 2.92. The third-order valence-corrected chi connectivity index (χ3v) is 3.19. The number of rotatable bonds is 6. The summed E-state index contributed by atoms with van der Waals surface area (Å²) in [7, 11) is 2.97. The molecule has 0 saturated heterocycles. The summed E-state index contributed by atoms with van der Waals surface area (Å²) in [5.41, 5.74) is 1.30. The minimum absolute atomic E-state index is 0.0247. The van der Waals surface area contributed by atoms with Crippen LogP contribution in [0.25, 0.3) is 0 Å². The Kier molecular flexibility index (Phi) is 5.29. The molecule has 23 heavy (non-hydrogen) atoms. The van der Waals surface area contributed by atoms with Crippen LogP contribution in [0.3, 0.4) is 0 Å². The van der Waals surface area contributed by atoms with Crippen LogP contribution >= 0.6 is 0 Å². The summed E-state index contributed by atoms with van der Waals surface area (Å²) < 4.78 is 6.23. The van der Waals surface area contributed by atoms with Crippen molar-refractivity contribution in [2.45, 2.75) is 18.9 Å². The molecular weight excluding hydrogens is 300 g/mol. The van der Waals surface area contributed by atoms with E-state index in [4.69, 9.17) is 4.74 Å². The van der Waals surface area contributed by atoms with Crippen molar-refractivity contribution in [1.82, 2.24) is 20.3 Å². The molecule has 2 rings (SSSR count). The molecule has 0 radical (unpaired) electrons. The molecule has 122 valence electrons. The van der Waals surface area contributed by atoms with Crippen LogP contribution in [-0.4, -0.2) is 45.1 Å². The largest absolute Gasteiger partial charge is 0.508 e. The van der Waals surface area contributed by atoms with Crippen LogP contribution in [0.4, 0.5) is 0 Å². The summed E-state index contributed by atoms with van der Waals surface area (Å²) in [5, 5.41) is 19.5. The van der Waals surface area contributed by atoms with Crippen molar-refractivity contribution in [1.29, 1.82) is 0 Å². The minimum Gasteiger partial charge on any atom is -0.508 e. The molecule has 0 fully saturated rings. The maximum atomic E-state index is 12.1. The van der Waals surface area contributed by atoms with E-state index in [1.165, 1.54) is 23.9 Å². The number of benzene rings is 1. The third kappa shape index (κ3) is 4.80. The second kappa shape index (κ2) is 7.39. The number of phenolic OH excluding ortho intramolecular Hbond substituents is 1. The lowest BCUT2D eigenvalue weighted by molar-refractivity contribution is -0.145. The highest BCUT2D eigenvalue weighted by molar-refractivity contribution is 5.85. The summed E-state index contributed by atoms with van der Waals surface area (Å²) in [6, 6.07) is 5.59. The van der Waals surface area contributed by atoms with Crippen LogP contribution in [0.1, 0.15) is 11.3 Å². The summed E-state index contributed by atoms with van der Waals surface area (Å²) in [6.45, 7) is 0. The lowest BCUT2D eigenvalue weighted by Crippen LogP contribution is -2.43. The topological polar surface area (TPSA) is 106 Å². The van der Waals surface area contributed by atoms with Gasteiger partial charge in [-0.05, 0) is 17.7 Å². The van der Waals surface area contributed by atoms with Crippen molar-refractivity contribution in [2.24, 2.45) is 7.05 Å². The normalized spacial score (nSPS) is 11.7. The maximum absolute atomic E-state index is 12.1. The highest BCUT2D eigenvalue weighted by Gasteiger charge is 2.22. The van der Waals surface area contributed by atoms with Crippen molar-refractivity contribution < 1.29 is 19.4 Å². The van der Waals surface area contributed by atoms with E-state index in [1.807, 2.05) is 0 Å². The number of carbonyl (C=O) groups excluding carboxylic acids is 2. The van der Waals surface area contributed by atoms with Crippen molar-refractivity contribution in [3.05, 3.63) is 41.7 Å². The van der Waals surface area contributed by atoms with Crippen LogP contribution in [-0.2, 0) is 34.2 Å². The van der Waals surface area contributed by atoms with Gasteiger partial charge < -0.3 is 15.2 Å². The third-order valence-electron chi connectivity index (χ3n) is 3.19. The molecule has 0 bridgehead atoms. The van der Waals surface area contributed by atoms with Gasteiger partial charge in [-0.2, -0.15) is 0 Å². The van der Waals surface area contributed by atoms with Gasteiger partial charge in [-0.3, -0.25) is 9.48 Å². The number of ether oxygens (including phenoxy) is 1. The van der Waals surface area contributed by atoms with Gasteiger partial charge in [0, 0.05) is 19.7 Å². The Morgan fingerprint density at radius 1 is 1.35 bits per heavy atom. The van der Waals surface area contributed by atoms with Crippen LogP contribution < -0.4 is 5.32 Å². The molecular formula is C15H18N4O4. The number of methoxy groups -OCH3 is 1. The van der Waals surface area contributed by atoms with E-state index in [0.717, 1.165) is 5.56 Å². The molecule has 1 amide bonds. The van der Waals surface area contributed by atoms with Crippen LogP contribution in [0.15, 0.2) is 30.5 Å². The van der Waals surface area contributed by atoms with Gasteiger partial charge in [0.05, 0.1) is 19.2 Å². The summed E-state index contributed by atoms with van der Waals surface area (Å²) >= 11 is 0. The van der Waals surface area contributed by atoms with E-state index in [-0.39, 0.29) is 24.5 Å². The zero-order valence-corrected chi connectivity index (χ0v) is 12.9. The number of nitrogens with zero attached hydrogens (tertiary/aromatic N) is 3. The molecule has 1 heterocycles. The van der Waals surface area contributed by atoms with Crippen LogP contribution in [0.5, 0.6) is 5.75 Å². The van der Waals surface area contributed by atoms with Crippen molar-refractivity contribution >= 4 is 11.9 Å². The standard InChI is InChI=1S/C15H18N4O4/c1-19-9-11(17-18-19)8-14(21)16-13(15(22)23-2)7-10-3-5-12(20)6-4-10/h3-6,9,13,20H,7-8H2,1-2H3,(H,16,21). The number of carbonyl (C=O) groups is 2. The van der Waals surface area contributed by atoms with Gasteiger partial charge in [0.1, 0.15) is 11.8 Å². The molecule has 2 aromatic rings. The monoisotopic (exact) mass is 318 g/mol. The number of aromatic nitrogens is 3. The Labute approximate surface area is 133 Å². The lowest BCUT2D eigenvalue weighted by atomic mass is 10.1. The van der Waals surface area contributed by atoms with Gasteiger partial charge in [0.15, 0.2) is 0 Å². The summed E-state index contributed by atoms with van der Waals surface area (Å²) in [5.74, 6) is -0.750. The predicted molar refractivity (Wildman–Crippen MR) is 80.5 cm³/mol. The zero-order chi connectivity index (χ0) is 16.8. The fourth-order valence-corrected chi connectivity index (χ4v) is 2.09. The number of aryl methyl sites for hydroxylation is 1. The molecule has 0 aliphatic heterocycles. The lowest BCUT2D eigenvalue weighted by Gasteiger charge is -2.16. The Bertz CT molecular complexity index is 681. The maximum Gasteiger partial charge on any atom is 0.328 e. The molecule has 8 nitrogen and oxygen atoms in total. The van der Waals surface area contributed by atoms with E-state index in [0.29, 0.717) is 5.69 Å². The van der Waals surface area contributed by atoms with Gasteiger partial charge in [-0.1, -0.05) is 17.3 Å². The number of nitrogens with one attached hydrogen (secondary N) is 1. The van der Waals surface area contributed by atoms with Crippen molar-refractivity contribution in [3.8, 4) is 5.75 Å². The molecule has 0 aliphatic carbocycles. The first kappa shape index (κ1) is 16.5. The number of hydrogen-bond acceptors (Lipinski definition) is 6. The van der Waals surface area contributed by atoms with Crippen molar-refractivity contribution in [2.75, 3.05) is 7.11 Å². The second-order valence-corrected chi connectivity index (χ2v) is 5.07. The molecule has 8 heteroatoms. The Hall–Kier alpha value is -2.90. The molecule has 1 aromatic carbocycles. The zero-order valence-electron chi connectivity index (χ0n) is 12.9. The quantitative estimate of drug-likeness (QED) is 0.724. The number of amides is 1. The van der Waals surface area contributed by atoms with Gasteiger partial charge in [-0.25, -0.2) is 4.79 Å². The average molecular weight is 318 g/mol. The molecule has 0 spiro atoms. The Morgan fingerprint density at radius 3 is 2.61 bits per heavy atom. The Morgan fingerprint density at radius 2 is 2.04 bits per heavy atom. The summed E-state index contributed by atoms with van der Waals surface area (Å²) in [6.07, 6.45) is 1.92. The van der Waals surface area contributed by atoms with Gasteiger partial charge >= 0.3 is 5.97 Å². The van der Waals surface area contributed by atoms with Crippen molar-refractivity contribution in [3.63, 3.8) is 0 Å². The van der Waals surface area contributed by atoms with Crippen LogP contribution in [0.2, 0.25) is 0 Å². The van der Waals surface area contributed by atoms with E-state index in [1.54, 1.807) is 25.4 Å². The number of aromatic hydroxyl groups is 1. The molecule has 1 aromatic heterocycles. The van der Waals surface area contributed by atoms with Gasteiger partial charge in [0.2, 0.25) is 5.91 Å². The first-order valence-corrected chi connectivity index (χ1v) is 6.98. The molecule has 2 N–H and O–H groups in total. The fourth-order valence-electron chi connectivity index (χ4n) is 2.09. The SMILES string of the molecule is COC(=O)C(Cc1ccc(O)cc1)NC(=O)Cc1cn(C)nn1. The van der Waals surface area contributed by atoms with Crippen LogP contribution in [0, 0.1) is 0 Å². The first-order chi connectivity index (χ1) is 11.0. The second-order valence-electron chi connectivity index (χ2n) is 5.07. The van der Waals surface area contributed by atoms with Gasteiger partial charge in [0.25, 0.3) is 0 Å². The number of esters is 1. The number of hydrogen-bond donors (Lipinski definition) is 2. The molecule has 0 saturated carbocycles. The smallest absolute Gasteiger partial charge is 0.328 e. The minimum atomic E-state index is -0.811. The highest BCUT2D eigenvalue weighted by Crippen LogP contribution is 2.12. The summed E-state index contributed by atoms with van der Waals surface area (Å²) in [4.78, 5) is 23.9. The van der Waals surface area contributed by atoms with E-state index in [2.05, 4.69) is 15.6 Å². The van der Waals surface area contributed by atoms with E-state index >= 15 is 0 Å². The van der Waals surface area contributed by atoms with E-state index in [9.17, 15) is 14.7 Å². The number of phenols is 1. The Balaban J connectivity index is 2.01. The molecule has 1 atom stereocenters. The first-order valence-electron chi connectivity index (χ1n) is 6.98. The fraction of sp³-hybridized carbons (Fsp3) is 0.333.